The van der Waals surface area contributed by atoms with Crippen LogP contribution >= 0.6 is 0 Å². The van der Waals surface area contributed by atoms with Gasteiger partial charge in [-0.05, 0) is 33.6 Å². The van der Waals surface area contributed by atoms with Crippen LogP contribution < -0.4 is 5.73 Å². The molecule has 0 radical (unpaired) electrons. The predicted octanol–water partition coefficient (Wildman–Crippen LogP) is 1.12. The number of hydrogen-bond acceptors (Lipinski definition) is 2. The lowest BCUT2D eigenvalue weighted by Gasteiger charge is -2.25. The van der Waals surface area contributed by atoms with Crippen molar-refractivity contribution < 1.29 is 4.79 Å². The topological polar surface area (TPSA) is 46.3 Å². The zero-order chi connectivity index (χ0) is 10.1. The lowest BCUT2D eigenvalue weighted by molar-refractivity contribution is -0.132. The number of rotatable bonds is 4. The van der Waals surface area contributed by atoms with E-state index in [9.17, 15) is 4.79 Å². The van der Waals surface area contributed by atoms with Gasteiger partial charge in [-0.1, -0.05) is 0 Å². The highest BCUT2D eigenvalue weighted by molar-refractivity contribution is 5.78. The SMILES string of the molecule is CCN(C(=O)CC(C)(C)N)C1CC1. The van der Waals surface area contributed by atoms with Crippen LogP contribution in [0.5, 0.6) is 0 Å². The summed E-state index contributed by atoms with van der Waals surface area (Å²) < 4.78 is 0. The molecule has 0 saturated heterocycles. The van der Waals surface area contributed by atoms with Crippen LogP contribution in [-0.4, -0.2) is 28.9 Å². The third-order valence-electron chi connectivity index (χ3n) is 2.26. The van der Waals surface area contributed by atoms with Gasteiger partial charge in [-0.3, -0.25) is 4.79 Å². The van der Waals surface area contributed by atoms with Crippen LogP contribution in [0.25, 0.3) is 0 Å². The Morgan fingerprint density at radius 3 is 2.38 bits per heavy atom. The minimum absolute atomic E-state index is 0.206. The molecule has 1 rings (SSSR count). The van der Waals surface area contributed by atoms with Crippen molar-refractivity contribution >= 4 is 5.91 Å². The summed E-state index contributed by atoms with van der Waals surface area (Å²) in [6.45, 7) is 6.64. The van der Waals surface area contributed by atoms with Gasteiger partial charge < -0.3 is 10.6 Å². The zero-order valence-corrected chi connectivity index (χ0v) is 8.84. The van der Waals surface area contributed by atoms with Crippen molar-refractivity contribution in [3.8, 4) is 0 Å². The van der Waals surface area contributed by atoms with Crippen molar-refractivity contribution in [2.75, 3.05) is 6.54 Å². The van der Waals surface area contributed by atoms with E-state index in [0.717, 1.165) is 6.54 Å². The lowest BCUT2D eigenvalue weighted by atomic mass is 10.0. The van der Waals surface area contributed by atoms with Gasteiger partial charge in [-0.25, -0.2) is 0 Å². The fourth-order valence-corrected chi connectivity index (χ4v) is 1.52. The van der Waals surface area contributed by atoms with Gasteiger partial charge in [0, 0.05) is 24.5 Å². The average Bonchev–Trinajstić information content (AvgIpc) is 2.68. The monoisotopic (exact) mass is 184 g/mol. The van der Waals surface area contributed by atoms with Crippen molar-refractivity contribution in [2.24, 2.45) is 5.73 Å². The number of nitrogens with two attached hydrogens (primary N) is 1. The Hall–Kier alpha value is -0.570. The number of carbonyl (C=O) groups excluding carboxylic acids is 1. The number of hydrogen-bond donors (Lipinski definition) is 1. The molecule has 1 aliphatic carbocycles. The molecule has 0 unspecified atom stereocenters. The van der Waals surface area contributed by atoms with Crippen LogP contribution in [0.3, 0.4) is 0 Å². The summed E-state index contributed by atoms with van der Waals surface area (Å²) in [5.74, 6) is 0.206. The average molecular weight is 184 g/mol. The Bertz CT molecular complexity index is 192. The fraction of sp³-hybridized carbons (Fsp3) is 0.900. The minimum atomic E-state index is -0.376. The Kier molecular flexibility index (Phi) is 2.96. The van der Waals surface area contributed by atoms with Gasteiger partial charge >= 0.3 is 0 Å². The smallest absolute Gasteiger partial charge is 0.224 e. The second-order valence-corrected chi connectivity index (χ2v) is 4.58. The first-order chi connectivity index (χ1) is 5.94. The van der Waals surface area contributed by atoms with E-state index < -0.39 is 0 Å². The molecule has 1 aliphatic rings. The Balaban J connectivity index is 2.44. The van der Waals surface area contributed by atoms with Gasteiger partial charge in [-0.15, -0.1) is 0 Å². The second-order valence-electron chi connectivity index (χ2n) is 4.58. The molecule has 0 bridgehead atoms. The largest absolute Gasteiger partial charge is 0.340 e. The highest BCUT2D eigenvalue weighted by Gasteiger charge is 2.32. The van der Waals surface area contributed by atoms with E-state index in [4.69, 9.17) is 5.73 Å². The minimum Gasteiger partial charge on any atom is -0.340 e. The highest BCUT2D eigenvalue weighted by Crippen LogP contribution is 2.27. The molecule has 0 heterocycles. The van der Waals surface area contributed by atoms with Gasteiger partial charge in [0.05, 0.1) is 0 Å². The molecule has 13 heavy (non-hydrogen) atoms. The predicted molar refractivity (Wildman–Crippen MR) is 53.3 cm³/mol. The summed E-state index contributed by atoms with van der Waals surface area (Å²) >= 11 is 0. The van der Waals surface area contributed by atoms with Crippen LogP contribution in [0, 0.1) is 0 Å². The highest BCUT2D eigenvalue weighted by atomic mass is 16.2. The molecule has 1 fully saturated rings. The third kappa shape index (κ3) is 3.35. The lowest BCUT2D eigenvalue weighted by Crippen LogP contribution is -2.42. The van der Waals surface area contributed by atoms with E-state index in [0.29, 0.717) is 12.5 Å². The molecule has 1 saturated carbocycles. The van der Waals surface area contributed by atoms with Crippen LogP contribution in [0.4, 0.5) is 0 Å². The van der Waals surface area contributed by atoms with E-state index >= 15 is 0 Å². The van der Waals surface area contributed by atoms with E-state index in [1.54, 1.807) is 0 Å². The first-order valence-corrected chi connectivity index (χ1v) is 5.02. The summed E-state index contributed by atoms with van der Waals surface area (Å²) in [6.07, 6.45) is 2.80. The normalized spacial score (nSPS) is 17.2. The van der Waals surface area contributed by atoms with Crippen molar-refractivity contribution in [2.45, 2.75) is 51.6 Å². The van der Waals surface area contributed by atoms with Gasteiger partial charge in [-0.2, -0.15) is 0 Å². The molecule has 0 aromatic rings. The maximum atomic E-state index is 11.7. The third-order valence-corrected chi connectivity index (χ3v) is 2.26. The first-order valence-electron chi connectivity index (χ1n) is 5.02. The molecule has 0 atom stereocenters. The van der Waals surface area contributed by atoms with Crippen LogP contribution in [0.15, 0.2) is 0 Å². The number of nitrogens with zero attached hydrogens (tertiary/aromatic N) is 1. The van der Waals surface area contributed by atoms with Gasteiger partial charge in [0.1, 0.15) is 0 Å². The van der Waals surface area contributed by atoms with Crippen molar-refractivity contribution in [1.82, 2.24) is 4.90 Å². The van der Waals surface area contributed by atoms with E-state index in [2.05, 4.69) is 0 Å². The maximum absolute atomic E-state index is 11.7. The molecule has 0 spiro atoms. The Morgan fingerprint density at radius 2 is 2.08 bits per heavy atom. The molecule has 3 nitrogen and oxygen atoms in total. The molecule has 0 aliphatic heterocycles. The van der Waals surface area contributed by atoms with Gasteiger partial charge in [0.15, 0.2) is 0 Å². The second kappa shape index (κ2) is 3.66. The van der Waals surface area contributed by atoms with Crippen molar-refractivity contribution in [3.05, 3.63) is 0 Å². The zero-order valence-electron chi connectivity index (χ0n) is 8.84. The molecular weight excluding hydrogens is 164 g/mol. The first kappa shape index (κ1) is 10.5. The van der Waals surface area contributed by atoms with Crippen molar-refractivity contribution in [3.63, 3.8) is 0 Å². The maximum Gasteiger partial charge on any atom is 0.224 e. The van der Waals surface area contributed by atoms with E-state index in [1.807, 2.05) is 25.7 Å². The molecule has 1 amide bonds. The standard InChI is InChI=1S/C10H20N2O/c1-4-12(8-5-6-8)9(13)7-10(2,3)11/h8H,4-7,11H2,1-3H3. The molecule has 76 valence electrons. The molecule has 2 N–H and O–H groups in total. The van der Waals surface area contributed by atoms with Gasteiger partial charge in [0.2, 0.25) is 5.91 Å². The van der Waals surface area contributed by atoms with E-state index in [-0.39, 0.29) is 11.4 Å². The summed E-state index contributed by atoms with van der Waals surface area (Å²) in [7, 11) is 0. The summed E-state index contributed by atoms with van der Waals surface area (Å²) in [5, 5.41) is 0. The summed E-state index contributed by atoms with van der Waals surface area (Å²) in [5.41, 5.74) is 5.43. The van der Waals surface area contributed by atoms with E-state index in [1.165, 1.54) is 12.8 Å². The molecule has 3 heteroatoms. The summed E-state index contributed by atoms with van der Waals surface area (Å²) in [6, 6.07) is 0.514. The number of carbonyl (C=O) groups is 1. The van der Waals surface area contributed by atoms with Crippen LogP contribution in [0.1, 0.15) is 40.0 Å². The van der Waals surface area contributed by atoms with Crippen LogP contribution in [-0.2, 0) is 4.79 Å². The fourth-order valence-electron chi connectivity index (χ4n) is 1.52. The Labute approximate surface area is 80.3 Å². The molecule has 0 aromatic heterocycles. The Morgan fingerprint density at radius 1 is 1.54 bits per heavy atom. The van der Waals surface area contributed by atoms with Gasteiger partial charge in [0.25, 0.3) is 0 Å². The molecule has 0 aromatic carbocycles. The van der Waals surface area contributed by atoms with Crippen LogP contribution in [0.2, 0.25) is 0 Å². The molecular formula is C10H20N2O. The quantitative estimate of drug-likeness (QED) is 0.711. The number of amides is 1. The summed E-state index contributed by atoms with van der Waals surface area (Å²) in [4.78, 5) is 13.7. The van der Waals surface area contributed by atoms with Crippen molar-refractivity contribution in [1.29, 1.82) is 0 Å².